The molecule has 0 radical (unpaired) electrons. The Kier molecular flexibility index (Phi) is 8.79. The lowest BCUT2D eigenvalue weighted by atomic mass is 10.1. The second-order valence-corrected chi connectivity index (χ2v) is 8.67. The molecule has 0 bridgehead atoms. The first-order valence-corrected chi connectivity index (χ1v) is 11.9. The second-order valence-electron chi connectivity index (χ2n) is 8.23. The largest absolute Gasteiger partial charge is 0.493 e. The van der Waals surface area contributed by atoms with E-state index in [0.29, 0.717) is 23.1 Å². The van der Waals surface area contributed by atoms with Crippen LogP contribution in [0.4, 0.5) is 5.69 Å². The highest BCUT2D eigenvalue weighted by Gasteiger charge is 2.11. The van der Waals surface area contributed by atoms with E-state index in [1.807, 2.05) is 66.7 Å². The Bertz CT molecular complexity index is 1140. The Balaban J connectivity index is 1.30. The molecule has 182 valence electrons. The van der Waals surface area contributed by atoms with Crippen LogP contribution in [0.1, 0.15) is 16.7 Å². The molecular formula is C28H29ClN2O4. The normalized spacial score (nSPS) is 14.1. The van der Waals surface area contributed by atoms with Gasteiger partial charge in [-0.05, 0) is 59.2 Å². The Morgan fingerprint density at radius 3 is 2.43 bits per heavy atom. The lowest BCUT2D eigenvalue weighted by Gasteiger charge is -2.26. The smallest absolute Gasteiger partial charge is 0.248 e. The van der Waals surface area contributed by atoms with Gasteiger partial charge in [0.25, 0.3) is 0 Å². The van der Waals surface area contributed by atoms with Gasteiger partial charge < -0.3 is 19.5 Å². The van der Waals surface area contributed by atoms with Crippen LogP contribution in [-0.4, -0.2) is 44.2 Å². The van der Waals surface area contributed by atoms with Crippen molar-refractivity contribution in [2.45, 2.75) is 13.2 Å². The summed E-state index contributed by atoms with van der Waals surface area (Å²) in [5.41, 5.74) is 3.81. The van der Waals surface area contributed by atoms with Crippen molar-refractivity contribution in [3.05, 3.63) is 94.5 Å². The number of halogens is 1. The van der Waals surface area contributed by atoms with Crippen molar-refractivity contribution in [3.8, 4) is 11.5 Å². The van der Waals surface area contributed by atoms with Crippen LogP contribution in [0.5, 0.6) is 11.5 Å². The first kappa shape index (κ1) is 24.8. The molecule has 6 nitrogen and oxygen atoms in total. The number of rotatable bonds is 9. The number of carbonyl (C=O) groups is 1. The number of methoxy groups -OCH3 is 1. The summed E-state index contributed by atoms with van der Waals surface area (Å²) in [6.07, 6.45) is 3.25. The van der Waals surface area contributed by atoms with Gasteiger partial charge in [0.15, 0.2) is 11.5 Å². The predicted molar refractivity (Wildman–Crippen MR) is 139 cm³/mol. The lowest BCUT2D eigenvalue weighted by molar-refractivity contribution is -0.111. The van der Waals surface area contributed by atoms with E-state index >= 15 is 0 Å². The van der Waals surface area contributed by atoms with Crippen molar-refractivity contribution in [1.29, 1.82) is 0 Å². The van der Waals surface area contributed by atoms with Crippen molar-refractivity contribution < 1.29 is 19.0 Å². The molecule has 1 aliphatic heterocycles. The predicted octanol–water partition coefficient (Wildman–Crippen LogP) is 5.41. The quantitative estimate of drug-likeness (QED) is 0.405. The number of ether oxygens (including phenoxy) is 3. The molecule has 0 unspecified atom stereocenters. The van der Waals surface area contributed by atoms with E-state index in [1.165, 1.54) is 11.6 Å². The standard InChI is InChI=1S/C28H29ClN2O4/c1-33-27-18-21(6-12-26(27)35-20-23-2-8-24(29)9-3-23)7-13-28(32)30-25-10-4-22(5-11-25)19-31-14-16-34-17-15-31/h2-13,18H,14-17,19-20H2,1H3,(H,30,32)/b13-7+. The van der Waals surface area contributed by atoms with Crippen LogP contribution in [-0.2, 0) is 22.7 Å². The zero-order valence-corrected chi connectivity index (χ0v) is 20.5. The number of hydrogen-bond donors (Lipinski definition) is 1. The van der Waals surface area contributed by atoms with Gasteiger partial charge in [-0.25, -0.2) is 0 Å². The van der Waals surface area contributed by atoms with Gasteiger partial charge in [-0.15, -0.1) is 0 Å². The van der Waals surface area contributed by atoms with Crippen LogP contribution in [0.3, 0.4) is 0 Å². The molecular weight excluding hydrogens is 464 g/mol. The van der Waals surface area contributed by atoms with Gasteiger partial charge >= 0.3 is 0 Å². The van der Waals surface area contributed by atoms with E-state index < -0.39 is 0 Å². The molecule has 0 aliphatic carbocycles. The molecule has 0 atom stereocenters. The van der Waals surface area contributed by atoms with Crippen molar-refractivity contribution >= 4 is 29.3 Å². The molecule has 4 rings (SSSR count). The van der Waals surface area contributed by atoms with E-state index in [2.05, 4.69) is 10.2 Å². The van der Waals surface area contributed by atoms with Crippen LogP contribution in [0.25, 0.3) is 6.08 Å². The molecule has 1 amide bonds. The van der Waals surface area contributed by atoms with Crippen LogP contribution in [0.2, 0.25) is 5.02 Å². The monoisotopic (exact) mass is 492 g/mol. The van der Waals surface area contributed by atoms with Crippen LogP contribution < -0.4 is 14.8 Å². The third-order valence-electron chi connectivity index (χ3n) is 5.65. The number of amides is 1. The van der Waals surface area contributed by atoms with Gasteiger partial charge in [-0.1, -0.05) is 41.9 Å². The summed E-state index contributed by atoms with van der Waals surface area (Å²) in [5, 5.41) is 3.59. The van der Waals surface area contributed by atoms with E-state index in [4.69, 9.17) is 25.8 Å². The number of carbonyl (C=O) groups excluding carboxylic acids is 1. The molecule has 35 heavy (non-hydrogen) atoms. The highest BCUT2D eigenvalue weighted by molar-refractivity contribution is 6.30. The summed E-state index contributed by atoms with van der Waals surface area (Å²) in [6, 6.07) is 21.0. The van der Waals surface area contributed by atoms with E-state index in [-0.39, 0.29) is 5.91 Å². The Hall–Kier alpha value is -3.32. The minimum Gasteiger partial charge on any atom is -0.493 e. The minimum absolute atomic E-state index is 0.201. The summed E-state index contributed by atoms with van der Waals surface area (Å²) < 4.78 is 16.8. The highest BCUT2D eigenvalue weighted by atomic mass is 35.5. The first-order chi connectivity index (χ1) is 17.1. The van der Waals surface area contributed by atoms with E-state index in [0.717, 1.165) is 49.7 Å². The zero-order valence-electron chi connectivity index (χ0n) is 19.7. The lowest BCUT2D eigenvalue weighted by Crippen LogP contribution is -2.35. The zero-order chi connectivity index (χ0) is 24.5. The minimum atomic E-state index is -0.201. The third-order valence-corrected chi connectivity index (χ3v) is 5.91. The summed E-state index contributed by atoms with van der Waals surface area (Å²) in [7, 11) is 1.59. The van der Waals surface area contributed by atoms with E-state index in [1.54, 1.807) is 13.2 Å². The van der Waals surface area contributed by atoms with Crippen molar-refractivity contribution in [2.75, 3.05) is 38.7 Å². The molecule has 7 heteroatoms. The maximum Gasteiger partial charge on any atom is 0.248 e. The van der Waals surface area contributed by atoms with Gasteiger partial charge in [0, 0.05) is 36.4 Å². The molecule has 0 aromatic heterocycles. The van der Waals surface area contributed by atoms with Gasteiger partial charge in [0.1, 0.15) is 6.61 Å². The van der Waals surface area contributed by atoms with Gasteiger partial charge in [0.05, 0.1) is 20.3 Å². The number of hydrogen-bond acceptors (Lipinski definition) is 5. The average Bonchev–Trinajstić information content (AvgIpc) is 2.89. The number of benzene rings is 3. The molecule has 3 aromatic carbocycles. The maximum absolute atomic E-state index is 12.4. The van der Waals surface area contributed by atoms with Crippen LogP contribution >= 0.6 is 11.6 Å². The molecule has 1 heterocycles. The fraction of sp³-hybridized carbons (Fsp3) is 0.250. The van der Waals surface area contributed by atoms with Crippen molar-refractivity contribution in [2.24, 2.45) is 0 Å². The van der Waals surface area contributed by atoms with Gasteiger partial charge in [0.2, 0.25) is 5.91 Å². The summed E-state index contributed by atoms with van der Waals surface area (Å²) in [4.78, 5) is 14.8. The fourth-order valence-electron chi connectivity index (χ4n) is 3.72. The number of morpholine rings is 1. The van der Waals surface area contributed by atoms with Crippen molar-refractivity contribution in [3.63, 3.8) is 0 Å². The first-order valence-electron chi connectivity index (χ1n) is 11.5. The molecule has 1 fully saturated rings. The summed E-state index contributed by atoms with van der Waals surface area (Å²) >= 11 is 5.93. The molecule has 1 aliphatic rings. The Morgan fingerprint density at radius 1 is 1.00 bits per heavy atom. The van der Waals surface area contributed by atoms with Crippen LogP contribution in [0, 0.1) is 0 Å². The van der Waals surface area contributed by atoms with Gasteiger partial charge in [-0.3, -0.25) is 9.69 Å². The second kappa shape index (κ2) is 12.4. The fourth-order valence-corrected chi connectivity index (χ4v) is 3.84. The SMILES string of the molecule is COc1cc(/C=C/C(=O)Nc2ccc(CN3CCOCC3)cc2)ccc1OCc1ccc(Cl)cc1. The average molecular weight is 493 g/mol. The number of nitrogens with one attached hydrogen (secondary N) is 1. The van der Waals surface area contributed by atoms with Gasteiger partial charge in [-0.2, -0.15) is 0 Å². The number of anilines is 1. The molecule has 0 spiro atoms. The van der Waals surface area contributed by atoms with Crippen molar-refractivity contribution in [1.82, 2.24) is 4.90 Å². The van der Waals surface area contributed by atoms with Crippen LogP contribution in [0.15, 0.2) is 72.8 Å². The molecule has 3 aromatic rings. The third kappa shape index (κ3) is 7.59. The molecule has 0 saturated carbocycles. The summed E-state index contributed by atoms with van der Waals surface area (Å²) in [5.74, 6) is 1.02. The summed E-state index contributed by atoms with van der Waals surface area (Å²) in [6.45, 7) is 4.75. The number of nitrogens with zero attached hydrogens (tertiary/aromatic N) is 1. The van der Waals surface area contributed by atoms with E-state index in [9.17, 15) is 4.79 Å². The highest BCUT2D eigenvalue weighted by Crippen LogP contribution is 2.29. The maximum atomic E-state index is 12.4. The topological polar surface area (TPSA) is 60.0 Å². The Morgan fingerprint density at radius 2 is 1.71 bits per heavy atom. The molecule has 1 N–H and O–H groups in total. The molecule has 1 saturated heterocycles. The Labute approximate surface area is 211 Å².